The lowest BCUT2D eigenvalue weighted by molar-refractivity contribution is -0.143. The maximum Gasteiger partial charge on any atom is 0.417 e. The summed E-state index contributed by atoms with van der Waals surface area (Å²) in [6.45, 7) is 0.290. The van der Waals surface area contributed by atoms with Crippen LogP contribution in [-0.4, -0.2) is 41.5 Å². The molecule has 0 bridgehead atoms. The maximum absolute atomic E-state index is 13.4. The lowest BCUT2D eigenvalue weighted by atomic mass is 9.94. The maximum atomic E-state index is 13.4. The fourth-order valence-electron chi connectivity index (χ4n) is 3.48. The molecule has 1 aromatic rings. The van der Waals surface area contributed by atoms with Gasteiger partial charge in [-0.3, -0.25) is 14.6 Å². The number of piperidine rings is 1. The van der Waals surface area contributed by atoms with Crippen molar-refractivity contribution >= 4 is 28.7 Å². The monoisotopic (exact) mass is 489 g/mol. The fraction of sp³-hybridized carbons (Fsp3) is 0.381. The molecule has 3 rings (SSSR count). The standard InChI is InChI=1S/C21H17F6N3O2S/c1-2-7-28-17-16(33-19(32)29-17)10-12-5-8-30(9-6-12)18(31)14-4-3-13(20(22,23)24)11-15(14)21(25,26)27/h1,3-4,10-12H,5-9H2,(H,28,29,32). The lowest BCUT2D eigenvalue weighted by Gasteiger charge is -2.31. The largest absolute Gasteiger partial charge is 0.417 e. The third kappa shape index (κ3) is 5.90. The van der Waals surface area contributed by atoms with Crippen LogP contribution < -0.4 is 5.32 Å². The average molecular weight is 489 g/mol. The number of thioether (sulfide) groups is 1. The first-order valence-corrected chi connectivity index (χ1v) is 10.5. The Morgan fingerprint density at radius 2 is 1.88 bits per heavy atom. The van der Waals surface area contributed by atoms with E-state index in [1.165, 1.54) is 4.90 Å². The highest BCUT2D eigenvalue weighted by Crippen LogP contribution is 2.38. The number of halogens is 6. The number of nitrogens with one attached hydrogen (secondary N) is 1. The van der Waals surface area contributed by atoms with Crippen LogP contribution in [0.15, 0.2) is 34.2 Å². The van der Waals surface area contributed by atoms with E-state index in [9.17, 15) is 35.9 Å². The number of carbonyl (C=O) groups is 2. The number of likely N-dealkylation sites (tertiary alicyclic amines) is 1. The molecular weight excluding hydrogens is 472 g/mol. The van der Waals surface area contributed by atoms with Crippen LogP contribution in [0.2, 0.25) is 0 Å². The van der Waals surface area contributed by atoms with Crippen LogP contribution in [0.3, 0.4) is 0 Å². The Kier molecular flexibility index (Phi) is 7.11. The summed E-state index contributed by atoms with van der Waals surface area (Å²) in [7, 11) is 0. The number of carbonyl (C=O) groups excluding carboxylic acids is 2. The van der Waals surface area contributed by atoms with Crippen LogP contribution in [0, 0.1) is 18.3 Å². The molecule has 12 heteroatoms. The number of allylic oxidation sites excluding steroid dienone is 1. The minimum absolute atomic E-state index is 0.0389. The lowest BCUT2D eigenvalue weighted by Crippen LogP contribution is -2.39. The van der Waals surface area contributed by atoms with Gasteiger partial charge < -0.3 is 10.2 Å². The minimum atomic E-state index is -5.12. The zero-order valence-electron chi connectivity index (χ0n) is 16.9. The first-order valence-electron chi connectivity index (χ1n) is 9.67. The number of nitrogens with zero attached hydrogens (tertiary/aromatic N) is 2. The van der Waals surface area contributed by atoms with Gasteiger partial charge in [-0.05, 0) is 48.7 Å². The molecule has 2 saturated heterocycles. The van der Waals surface area contributed by atoms with Gasteiger partial charge in [-0.1, -0.05) is 12.0 Å². The minimum Gasteiger partial charge on any atom is -0.339 e. The third-order valence-corrected chi connectivity index (χ3v) is 5.92. The summed E-state index contributed by atoms with van der Waals surface area (Å²) in [5, 5.41) is 2.26. The summed E-state index contributed by atoms with van der Waals surface area (Å²) in [6.07, 6.45) is -2.32. The van der Waals surface area contributed by atoms with Gasteiger partial charge in [-0.25, -0.2) is 0 Å². The molecule has 2 heterocycles. The van der Waals surface area contributed by atoms with Crippen molar-refractivity contribution in [1.82, 2.24) is 10.2 Å². The van der Waals surface area contributed by atoms with E-state index in [1.54, 1.807) is 6.08 Å². The van der Waals surface area contributed by atoms with Gasteiger partial charge in [-0.15, -0.1) is 6.42 Å². The molecule has 2 aliphatic heterocycles. The molecule has 5 nitrogen and oxygen atoms in total. The van der Waals surface area contributed by atoms with E-state index in [-0.39, 0.29) is 36.9 Å². The molecule has 0 unspecified atom stereocenters. The second-order valence-electron chi connectivity index (χ2n) is 7.30. The molecule has 2 amide bonds. The van der Waals surface area contributed by atoms with Crippen LogP contribution >= 0.6 is 11.8 Å². The van der Waals surface area contributed by atoms with Crippen LogP contribution in [0.5, 0.6) is 0 Å². The number of benzene rings is 1. The SMILES string of the molecule is C#CCN=C1NC(=O)SC1=CC1CCN(C(=O)c2ccc(C(F)(F)F)cc2C(F)(F)F)CC1. The number of rotatable bonds is 3. The highest BCUT2D eigenvalue weighted by molar-refractivity contribution is 8.18. The molecule has 2 aliphatic rings. The number of alkyl halides is 6. The topological polar surface area (TPSA) is 61.8 Å². The Morgan fingerprint density at radius 3 is 2.45 bits per heavy atom. The van der Waals surface area contributed by atoms with Gasteiger partial charge >= 0.3 is 12.4 Å². The smallest absolute Gasteiger partial charge is 0.339 e. The second-order valence-corrected chi connectivity index (χ2v) is 8.31. The summed E-state index contributed by atoms with van der Waals surface area (Å²) < 4.78 is 78.7. The number of amides is 2. The summed E-state index contributed by atoms with van der Waals surface area (Å²) in [5.74, 6) is 1.63. The first kappa shape index (κ1) is 24.7. The molecule has 0 saturated carbocycles. The number of terminal acetylenes is 1. The second kappa shape index (κ2) is 9.51. The van der Waals surface area contributed by atoms with E-state index in [4.69, 9.17) is 6.42 Å². The van der Waals surface area contributed by atoms with Crippen molar-refractivity contribution in [1.29, 1.82) is 0 Å². The van der Waals surface area contributed by atoms with Crippen molar-refractivity contribution in [3.8, 4) is 12.3 Å². The van der Waals surface area contributed by atoms with Crippen molar-refractivity contribution in [2.45, 2.75) is 25.2 Å². The van der Waals surface area contributed by atoms with E-state index in [1.807, 2.05) is 0 Å². The molecule has 1 N–H and O–H groups in total. The third-order valence-electron chi connectivity index (χ3n) is 5.08. The average Bonchev–Trinajstić information content (AvgIpc) is 3.09. The van der Waals surface area contributed by atoms with Gasteiger partial charge in [0.15, 0.2) is 0 Å². The van der Waals surface area contributed by atoms with Crippen LogP contribution in [0.1, 0.15) is 34.3 Å². The normalized spacial score (nSPS) is 20.3. The molecule has 1 aromatic carbocycles. The molecule has 0 atom stereocenters. The Morgan fingerprint density at radius 1 is 1.21 bits per heavy atom. The van der Waals surface area contributed by atoms with Crippen molar-refractivity contribution in [2.24, 2.45) is 10.9 Å². The first-order chi connectivity index (χ1) is 15.4. The zero-order valence-corrected chi connectivity index (χ0v) is 17.7. The van der Waals surface area contributed by atoms with E-state index < -0.39 is 35.0 Å². The van der Waals surface area contributed by atoms with Gasteiger partial charge in [0, 0.05) is 13.1 Å². The highest BCUT2D eigenvalue weighted by atomic mass is 32.2. The van der Waals surface area contributed by atoms with Crippen LogP contribution in [0.25, 0.3) is 0 Å². The van der Waals surface area contributed by atoms with Gasteiger partial charge in [0.2, 0.25) is 0 Å². The number of hydrogen-bond acceptors (Lipinski definition) is 4. The fourth-order valence-corrected chi connectivity index (χ4v) is 4.30. The highest BCUT2D eigenvalue weighted by Gasteiger charge is 2.40. The zero-order chi connectivity index (χ0) is 24.4. The summed E-state index contributed by atoms with van der Waals surface area (Å²) >= 11 is 0.944. The summed E-state index contributed by atoms with van der Waals surface area (Å²) in [5.41, 5.74) is -3.92. The Balaban J connectivity index is 1.75. The predicted octanol–water partition coefficient (Wildman–Crippen LogP) is 4.95. The van der Waals surface area contributed by atoms with Crippen molar-refractivity contribution in [3.05, 3.63) is 45.9 Å². The van der Waals surface area contributed by atoms with Gasteiger partial charge in [0.05, 0.1) is 21.6 Å². The van der Waals surface area contributed by atoms with Gasteiger partial charge in [0.1, 0.15) is 12.4 Å². The summed E-state index contributed by atoms with van der Waals surface area (Å²) in [4.78, 5) is 30.2. The van der Waals surface area contributed by atoms with Crippen LogP contribution in [-0.2, 0) is 12.4 Å². The number of amidine groups is 1. The predicted molar refractivity (Wildman–Crippen MR) is 110 cm³/mol. The van der Waals surface area contributed by atoms with E-state index in [0.29, 0.717) is 35.7 Å². The van der Waals surface area contributed by atoms with Gasteiger partial charge in [0.25, 0.3) is 11.1 Å². The number of aliphatic imine (C=N–C) groups is 1. The Labute approximate surface area is 189 Å². The van der Waals surface area contributed by atoms with E-state index in [2.05, 4.69) is 16.2 Å². The Bertz CT molecular complexity index is 1050. The molecule has 0 radical (unpaired) electrons. The molecule has 176 valence electrons. The van der Waals surface area contributed by atoms with Crippen molar-refractivity contribution in [3.63, 3.8) is 0 Å². The molecule has 0 aromatic heterocycles. The summed E-state index contributed by atoms with van der Waals surface area (Å²) in [6, 6.07) is 1.00. The quantitative estimate of drug-likeness (QED) is 0.483. The Hall–Kier alpha value is -2.94. The number of hydrogen-bond donors (Lipinski definition) is 1. The molecule has 33 heavy (non-hydrogen) atoms. The van der Waals surface area contributed by atoms with Gasteiger partial charge in [-0.2, -0.15) is 26.3 Å². The van der Waals surface area contributed by atoms with E-state index in [0.717, 1.165) is 11.8 Å². The van der Waals surface area contributed by atoms with Crippen molar-refractivity contribution < 1.29 is 35.9 Å². The van der Waals surface area contributed by atoms with Crippen molar-refractivity contribution in [2.75, 3.05) is 19.6 Å². The molecule has 2 fully saturated rings. The molecule has 0 aliphatic carbocycles. The van der Waals surface area contributed by atoms with E-state index >= 15 is 0 Å². The molecular formula is C21H17F6N3O2S. The molecule has 0 spiro atoms. The van der Waals surface area contributed by atoms with Crippen LogP contribution in [0.4, 0.5) is 31.1 Å².